The number of fused-ring (bicyclic) bond motifs is 1. The molecule has 0 fully saturated rings. The maximum Gasteiger partial charge on any atom is 0.178 e. The number of hydrogen-bond acceptors (Lipinski definition) is 2. The van der Waals surface area contributed by atoms with Crippen LogP contribution in [0.3, 0.4) is 0 Å². The quantitative estimate of drug-likeness (QED) is 0.781. The summed E-state index contributed by atoms with van der Waals surface area (Å²) in [4.78, 5) is 3.29. The lowest BCUT2D eigenvalue weighted by Gasteiger charge is -2.31. The van der Waals surface area contributed by atoms with E-state index in [1.54, 1.807) is 13.0 Å². The van der Waals surface area contributed by atoms with Gasteiger partial charge in [0.2, 0.25) is 0 Å². The molecular formula is C16H15FN2S2. The topological polar surface area (TPSA) is 15.3 Å². The number of aryl methyl sites for hydroxylation is 1. The van der Waals surface area contributed by atoms with Crippen molar-refractivity contribution in [3.05, 3.63) is 53.8 Å². The van der Waals surface area contributed by atoms with Crippen molar-refractivity contribution < 1.29 is 4.39 Å². The van der Waals surface area contributed by atoms with Crippen LogP contribution in [-0.4, -0.2) is 17.4 Å². The maximum atomic E-state index is 13.6. The third kappa shape index (κ3) is 3.04. The Bertz CT molecular complexity index is 688. The number of para-hydroxylation sites is 1. The van der Waals surface area contributed by atoms with Crippen molar-refractivity contribution in [1.29, 1.82) is 0 Å². The zero-order chi connectivity index (χ0) is 14.8. The molecule has 0 unspecified atom stereocenters. The summed E-state index contributed by atoms with van der Waals surface area (Å²) in [5, 5.41) is 3.73. The number of hydrogen-bond donors (Lipinski definition) is 1. The highest BCUT2D eigenvalue weighted by Crippen LogP contribution is 2.34. The van der Waals surface area contributed by atoms with Crippen LogP contribution in [0, 0.1) is 12.7 Å². The zero-order valence-corrected chi connectivity index (χ0v) is 13.2. The molecule has 0 spiro atoms. The number of anilines is 2. The third-order valence-electron chi connectivity index (χ3n) is 3.40. The van der Waals surface area contributed by atoms with E-state index >= 15 is 0 Å². The monoisotopic (exact) mass is 318 g/mol. The number of benzene rings is 2. The van der Waals surface area contributed by atoms with E-state index in [9.17, 15) is 4.39 Å². The van der Waals surface area contributed by atoms with Crippen LogP contribution in [0.2, 0.25) is 0 Å². The van der Waals surface area contributed by atoms with Gasteiger partial charge in [0.05, 0.1) is 5.69 Å². The molecule has 3 rings (SSSR count). The van der Waals surface area contributed by atoms with Crippen LogP contribution in [0.5, 0.6) is 0 Å². The van der Waals surface area contributed by atoms with E-state index in [1.165, 1.54) is 11.0 Å². The van der Waals surface area contributed by atoms with Crippen LogP contribution in [0.15, 0.2) is 47.4 Å². The molecule has 0 saturated carbocycles. The first-order valence-corrected chi connectivity index (χ1v) is 8.11. The highest BCUT2D eigenvalue weighted by molar-refractivity contribution is 7.99. The van der Waals surface area contributed by atoms with Gasteiger partial charge in [-0.1, -0.05) is 18.2 Å². The highest BCUT2D eigenvalue weighted by atomic mass is 32.2. The van der Waals surface area contributed by atoms with Crippen molar-refractivity contribution in [3.8, 4) is 0 Å². The molecule has 108 valence electrons. The molecule has 0 atom stereocenters. The fraction of sp³-hybridized carbons (Fsp3) is 0.188. The van der Waals surface area contributed by atoms with Gasteiger partial charge in [-0.3, -0.25) is 0 Å². The third-order valence-corrected chi connectivity index (χ3v) is 4.76. The molecule has 2 aromatic carbocycles. The molecule has 1 heterocycles. The molecule has 0 amide bonds. The van der Waals surface area contributed by atoms with Gasteiger partial charge in [0.15, 0.2) is 5.11 Å². The average molecular weight is 318 g/mol. The van der Waals surface area contributed by atoms with Crippen molar-refractivity contribution in [3.63, 3.8) is 0 Å². The molecule has 1 aliphatic rings. The standard InChI is InChI=1S/C16H15FN2S2/c1-11-6-7-12(10-13(11)17)18-16(20)19-8-9-21-15-5-3-2-4-14(15)19/h2-7,10H,8-9H2,1H3,(H,18,20). The molecule has 21 heavy (non-hydrogen) atoms. The summed E-state index contributed by atoms with van der Waals surface area (Å²) in [7, 11) is 0. The first-order valence-electron chi connectivity index (χ1n) is 6.71. The van der Waals surface area contributed by atoms with Gasteiger partial charge in [0.1, 0.15) is 5.82 Å². The summed E-state index contributed by atoms with van der Waals surface area (Å²) in [6.07, 6.45) is 0. The second-order valence-corrected chi connectivity index (χ2v) is 6.39. The Morgan fingerprint density at radius 3 is 2.90 bits per heavy atom. The van der Waals surface area contributed by atoms with E-state index in [0.717, 1.165) is 18.0 Å². The smallest absolute Gasteiger partial charge is 0.178 e. The van der Waals surface area contributed by atoms with Crippen LogP contribution in [0.1, 0.15) is 5.56 Å². The normalized spacial score (nSPS) is 13.7. The van der Waals surface area contributed by atoms with E-state index in [0.29, 0.717) is 16.4 Å². The van der Waals surface area contributed by atoms with Gasteiger partial charge < -0.3 is 10.2 Å². The number of nitrogens with one attached hydrogen (secondary N) is 1. The first kappa shape index (κ1) is 14.4. The minimum atomic E-state index is -0.225. The van der Waals surface area contributed by atoms with Crippen LogP contribution in [0.4, 0.5) is 15.8 Å². The SMILES string of the molecule is Cc1ccc(NC(=S)N2CCSc3ccccc32)cc1F. The molecule has 1 aliphatic heterocycles. The lowest BCUT2D eigenvalue weighted by molar-refractivity contribution is 0.619. The summed E-state index contributed by atoms with van der Waals surface area (Å²) >= 11 is 7.32. The van der Waals surface area contributed by atoms with E-state index in [1.807, 2.05) is 30.0 Å². The number of halogens is 1. The van der Waals surface area contributed by atoms with Gasteiger partial charge in [0, 0.05) is 22.9 Å². The van der Waals surface area contributed by atoms with Gasteiger partial charge in [-0.05, 0) is 49.0 Å². The van der Waals surface area contributed by atoms with Crippen molar-refractivity contribution >= 4 is 40.5 Å². The van der Waals surface area contributed by atoms with Gasteiger partial charge in [-0.25, -0.2) is 4.39 Å². The Kier molecular flexibility index (Phi) is 4.12. The molecule has 1 N–H and O–H groups in total. The fourth-order valence-electron chi connectivity index (χ4n) is 2.24. The Labute approximate surface area is 133 Å². The highest BCUT2D eigenvalue weighted by Gasteiger charge is 2.20. The number of nitrogens with zero attached hydrogens (tertiary/aromatic N) is 1. The van der Waals surface area contributed by atoms with E-state index in [-0.39, 0.29) is 5.82 Å². The van der Waals surface area contributed by atoms with Crippen molar-refractivity contribution in [2.24, 2.45) is 0 Å². The summed E-state index contributed by atoms with van der Waals surface area (Å²) in [5.41, 5.74) is 2.42. The predicted molar refractivity (Wildman–Crippen MR) is 91.9 cm³/mol. The maximum absolute atomic E-state index is 13.6. The first-order chi connectivity index (χ1) is 10.1. The lowest BCUT2D eigenvalue weighted by Crippen LogP contribution is -2.38. The van der Waals surface area contributed by atoms with E-state index < -0.39 is 0 Å². The Balaban J connectivity index is 1.81. The Morgan fingerprint density at radius 2 is 2.10 bits per heavy atom. The second kappa shape index (κ2) is 6.03. The molecule has 0 saturated heterocycles. The lowest BCUT2D eigenvalue weighted by atomic mass is 10.2. The summed E-state index contributed by atoms with van der Waals surface area (Å²) < 4.78 is 13.6. The summed E-state index contributed by atoms with van der Waals surface area (Å²) in [6, 6.07) is 13.3. The molecule has 0 bridgehead atoms. The largest absolute Gasteiger partial charge is 0.332 e. The number of thioether (sulfide) groups is 1. The molecule has 0 aromatic heterocycles. The summed E-state index contributed by atoms with van der Waals surface area (Å²) in [5.74, 6) is 0.763. The van der Waals surface area contributed by atoms with Crippen LogP contribution < -0.4 is 10.2 Å². The molecule has 2 nitrogen and oxygen atoms in total. The van der Waals surface area contributed by atoms with Crippen LogP contribution in [0.25, 0.3) is 0 Å². The van der Waals surface area contributed by atoms with Crippen molar-refractivity contribution in [2.75, 3.05) is 22.5 Å². The molecule has 0 radical (unpaired) electrons. The number of rotatable bonds is 1. The van der Waals surface area contributed by atoms with Crippen LogP contribution >= 0.6 is 24.0 Å². The van der Waals surface area contributed by atoms with Gasteiger partial charge >= 0.3 is 0 Å². The van der Waals surface area contributed by atoms with Gasteiger partial charge in [-0.2, -0.15) is 0 Å². The van der Waals surface area contributed by atoms with Crippen molar-refractivity contribution in [1.82, 2.24) is 0 Å². The number of thiocarbonyl (C=S) groups is 1. The molecule has 0 aliphatic carbocycles. The average Bonchev–Trinajstić information content (AvgIpc) is 2.50. The van der Waals surface area contributed by atoms with Crippen LogP contribution in [-0.2, 0) is 0 Å². The van der Waals surface area contributed by atoms with Gasteiger partial charge in [0.25, 0.3) is 0 Å². The Hall–Kier alpha value is -1.59. The molecular weight excluding hydrogens is 303 g/mol. The van der Waals surface area contributed by atoms with E-state index in [4.69, 9.17) is 12.2 Å². The minimum absolute atomic E-state index is 0.225. The second-order valence-electron chi connectivity index (χ2n) is 4.86. The summed E-state index contributed by atoms with van der Waals surface area (Å²) in [6.45, 7) is 2.59. The fourth-order valence-corrected chi connectivity index (χ4v) is 3.54. The minimum Gasteiger partial charge on any atom is -0.332 e. The van der Waals surface area contributed by atoms with Gasteiger partial charge in [-0.15, -0.1) is 11.8 Å². The predicted octanol–water partition coefficient (Wildman–Crippen LogP) is 4.44. The molecule has 5 heteroatoms. The zero-order valence-electron chi connectivity index (χ0n) is 11.6. The van der Waals surface area contributed by atoms with E-state index in [2.05, 4.69) is 22.3 Å². The Morgan fingerprint density at radius 1 is 1.29 bits per heavy atom. The molecule has 2 aromatic rings. The van der Waals surface area contributed by atoms with Crippen molar-refractivity contribution in [2.45, 2.75) is 11.8 Å².